The SMILES string of the molecule is CC(O)C(=O)NC(C)c1ccc(-c2ccccc2)cc1. The molecule has 0 aromatic heterocycles. The van der Waals surface area contributed by atoms with Crippen LogP contribution in [0.25, 0.3) is 11.1 Å². The summed E-state index contributed by atoms with van der Waals surface area (Å²) >= 11 is 0. The maximum Gasteiger partial charge on any atom is 0.249 e. The molecular weight excluding hydrogens is 250 g/mol. The minimum absolute atomic E-state index is 0.123. The Labute approximate surface area is 119 Å². The zero-order valence-electron chi connectivity index (χ0n) is 11.7. The molecule has 0 bridgehead atoms. The molecule has 20 heavy (non-hydrogen) atoms. The van der Waals surface area contributed by atoms with Crippen molar-refractivity contribution in [1.82, 2.24) is 5.32 Å². The van der Waals surface area contributed by atoms with Crippen molar-refractivity contribution in [3.8, 4) is 11.1 Å². The van der Waals surface area contributed by atoms with E-state index in [9.17, 15) is 9.90 Å². The van der Waals surface area contributed by atoms with Crippen molar-refractivity contribution in [1.29, 1.82) is 0 Å². The zero-order valence-corrected chi connectivity index (χ0v) is 11.7. The second-order valence-corrected chi connectivity index (χ2v) is 4.89. The van der Waals surface area contributed by atoms with E-state index in [0.29, 0.717) is 0 Å². The van der Waals surface area contributed by atoms with Crippen molar-refractivity contribution in [3.05, 3.63) is 60.2 Å². The zero-order chi connectivity index (χ0) is 14.5. The monoisotopic (exact) mass is 269 g/mol. The Balaban J connectivity index is 2.10. The molecule has 2 atom stereocenters. The summed E-state index contributed by atoms with van der Waals surface area (Å²) in [6.45, 7) is 3.36. The summed E-state index contributed by atoms with van der Waals surface area (Å²) < 4.78 is 0. The second kappa shape index (κ2) is 6.35. The van der Waals surface area contributed by atoms with Crippen LogP contribution in [-0.4, -0.2) is 17.1 Å². The predicted octanol–water partition coefficient (Wildman–Crippen LogP) is 2.91. The Kier molecular flexibility index (Phi) is 4.53. The van der Waals surface area contributed by atoms with Crippen molar-refractivity contribution in [2.24, 2.45) is 0 Å². The Morgan fingerprint density at radius 3 is 2.05 bits per heavy atom. The average molecular weight is 269 g/mol. The van der Waals surface area contributed by atoms with E-state index >= 15 is 0 Å². The fourth-order valence-corrected chi connectivity index (χ4v) is 2.01. The van der Waals surface area contributed by atoms with Crippen molar-refractivity contribution < 1.29 is 9.90 Å². The van der Waals surface area contributed by atoms with Crippen LogP contribution in [0.2, 0.25) is 0 Å². The molecule has 2 rings (SSSR count). The van der Waals surface area contributed by atoms with Gasteiger partial charge >= 0.3 is 0 Å². The summed E-state index contributed by atoms with van der Waals surface area (Å²) in [7, 11) is 0. The summed E-state index contributed by atoms with van der Waals surface area (Å²) in [4.78, 5) is 11.5. The van der Waals surface area contributed by atoms with Crippen LogP contribution in [0, 0.1) is 0 Å². The van der Waals surface area contributed by atoms with Crippen LogP contribution in [0.1, 0.15) is 25.5 Å². The van der Waals surface area contributed by atoms with Gasteiger partial charge in [0.25, 0.3) is 0 Å². The van der Waals surface area contributed by atoms with Gasteiger partial charge in [-0.2, -0.15) is 0 Å². The van der Waals surface area contributed by atoms with Crippen LogP contribution in [0.5, 0.6) is 0 Å². The van der Waals surface area contributed by atoms with Gasteiger partial charge in [-0.15, -0.1) is 0 Å². The Bertz CT molecular complexity index is 561. The highest BCUT2D eigenvalue weighted by molar-refractivity contribution is 5.80. The van der Waals surface area contributed by atoms with Gasteiger partial charge in [-0.1, -0.05) is 54.6 Å². The summed E-state index contributed by atoms with van der Waals surface area (Å²) in [5, 5.41) is 12.0. The summed E-state index contributed by atoms with van der Waals surface area (Å²) in [6.07, 6.45) is -0.985. The molecule has 0 saturated carbocycles. The first-order valence-electron chi connectivity index (χ1n) is 6.72. The number of aliphatic hydroxyl groups excluding tert-OH is 1. The molecule has 2 unspecified atom stereocenters. The number of hydrogen-bond acceptors (Lipinski definition) is 2. The lowest BCUT2D eigenvalue weighted by atomic mass is 10.0. The first-order valence-corrected chi connectivity index (χ1v) is 6.72. The third-order valence-electron chi connectivity index (χ3n) is 3.26. The van der Waals surface area contributed by atoms with E-state index in [1.807, 2.05) is 49.4 Å². The van der Waals surface area contributed by atoms with Gasteiger partial charge in [0.2, 0.25) is 5.91 Å². The van der Waals surface area contributed by atoms with Crippen molar-refractivity contribution >= 4 is 5.91 Å². The van der Waals surface area contributed by atoms with Gasteiger partial charge in [-0.25, -0.2) is 0 Å². The number of carbonyl (C=O) groups is 1. The van der Waals surface area contributed by atoms with Gasteiger partial charge in [0.15, 0.2) is 0 Å². The third kappa shape index (κ3) is 3.45. The molecule has 2 N–H and O–H groups in total. The minimum atomic E-state index is -0.985. The van der Waals surface area contributed by atoms with Crippen molar-refractivity contribution in [2.45, 2.75) is 26.0 Å². The molecule has 2 aromatic carbocycles. The second-order valence-electron chi connectivity index (χ2n) is 4.89. The molecule has 0 fully saturated rings. The lowest BCUT2D eigenvalue weighted by Gasteiger charge is -2.16. The average Bonchev–Trinajstić information content (AvgIpc) is 2.48. The highest BCUT2D eigenvalue weighted by Crippen LogP contribution is 2.21. The Morgan fingerprint density at radius 2 is 1.50 bits per heavy atom. The fraction of sp³-hybridized carbons (Fsp3) is 0.235. The minimum Gasteiger partial charge on any atom is -0.384 e. The number of benzene rings is 2. The van der Waals surface area contributed by atoms with E-state index in [1.165, 1.54) is 12.5 Å². The number of carbonyl (C=O) groups excluding carboxylic acids is 1. The van der Waals surface area contributed by atoms with Gasteiger partial charge in [0.05, 0.1) is 6.04 Å². The molecule has 104 valence electrons. The molecule has 3 nitrogen and oxygen atoms in total. The molecule has 0 heterocycles. The van der Waals surface area contributed by atoms with Gasteiger partial charge in [0, 0.05) is 0 Å². The van der Waals surface area contributed by atoms with Gasteiger partial charge < -0.3 is 10.4 Å². The highest BCUT2D eigenvalue weighted by Gasteiger charge is 2.13. The third-order valence-corrected chi connectivity index (χ3v) is 3.26. The predicted molar refractivity (Wildman–Crippen MR) is 80.1 cm³/mol. The van der Waals surface area contributed by atoms with Crippen LogP contribution in [0.3, 0.4) is 0 Å². The lowest BCUT2D eigenvalue weighted by Crippen LogP contribution is -2.34. The molecule has 2 aromatic rings. The van der Waals surface area contributed by atoms with Crippen LogP contribution in [0.15, 0.2) is 54.6 Å². The maximum absolute atomic E-state index is 11.5. The molecule has 0 aliphatic heterocycles. The normalized spacial score (nSPS) is 13.6. The standard InChI is InChI=1S/C17H19NO2/c1-12(18-17(20)13(2)19)14-8-10-16(11-9-14)15-6-4-3-5-7-15/h3-13,19H,1-2H3,(H,18,20). The first kappa shape index (κ1) is 14.3. The van der Waals surface area contributed by atoms with E-state index in [2.05, 4.69) is 17.4 Å². The number of nitrogens with one attached hydrogen (secondary N) is 1. The van der Waals surface area contributed by atoms with Gasteiger partial charge in [-0.05, 0) is 30.5 Å². The Morgan fingerprint density at radius 1 is 0.950 bits per heavy atom. The van der Waals surface area contributed by atoms with Crippen LogP contribution in [0.4, 0.5) is 0 Å². The summed E-state index contributed by atoms with van der Waals surface area (Å²) in [5.74, 6) is -0.357. The van der Waals surface area contributed by atoms with E-state index in [0.717, 1.165) is 11.1 Å². The molecule has 0 spiro atoms. The maximum atomic E-state index is 11.5. The molecular formula is C17H19NO2. The molecule has 1 amide bonds. The molecule has 3 heteroatoms. The first-order chi connectivity index (χ1) is 9.58. The van der Waals surface area contributed by atoms with Crippen LogP contribution >= 0.6 is 0 Å². The van der Waals surface area contributed by atoms with Crippen LogP contribution in [-0.2, 0) is 4.79 Å². The number of hydrogen-bond donors (Lipinski definition) is 2. The summed E-state index contributed by atoms with van der Waals surface area (Å²) in [5.41, 5.74) is 3.32. The van der Waals surface area contributed by atoms with E-state index in [-0.39, 0.29) is 11.9 Å². The molecule has 0 saturated heterocycles. The number of rotatable bonds is 4. The number of amides is 1. The largest absolute Gasteiger partial charge is 0.384 e. The van der Waals surface area contributed by atoms with Crippen LogP contribution < -0.4 is 5.32 Å². The molecule has 0 aliphatic rings. The topological polar surface area (TPSA) is 49.3 Å². The van der Waals surface area contributed by atoms with E-state index in [4.69, 9.17) is 0 Å². The fourth-order valence-electron chi connectivity index (χ4n) is 2.01. The van der Waals surface area contributed by atoms with Crippen molar-refractivity contribution in [2.75, 3.05) is 0 Å². The van der Waals surface area contributed by atoms with E-state index < -0.39 is 6.10 Å². The molecule has 0 radical (unpaired) electrons. The lowest BCUT2D eigenvalue weighted by molar-refractivity contribution is -0.129. The molecule has 0 aliphatic carbocycles. The smallest absolute Gasteiger partial charge is 0.249 e. The highest BCUT2D eigenvalue weighted by atomic mass is 16.3. The Hall–Kier alpha value is -2.13. The quantitative estimate of drug-likeness (QED) is 0.896. The van der Waals surface area contributed by atoms with Gasteiger partial charge in [0.1, 0.15) is 6.10 Å². The summed E-state index contributed by atoms with van der Waals surface area (Å²) in [6, 6.07) is 18.1. The van der Waals surface area contributed by atoms with Crippen molar-refractivity contribution in [3.63, 3.8) is 0 Å². The van der Waals surface area contributed by atoms with E-state index in [1.54, 1.807) is 0 Å². The van der Waals surface area contributed by atoms with Gasteiger partial charge in [-0.3, -0.25) is 4.79 Å². The number of aliphatic hydroxyl groups is 1.